The third-order valence-corrected chi connectivity index (χ3v) is 4.56. The van der Waals surface area contributed by atoms with E-state index in [1.54, 1.807) is 13.8 Å². The van der Waals surface area contributed by atoms with Gasteiger partial charge in [0.15, 0.2) is 0 Å². The van der Waals surface area contributed by atoms with Gasteiger partial charge < -0.3 is 0 Å². The van der Waals surface area contributed by atoms with Crippen LogP contribution in [0.1, 0.15) is 39.5 Å². The van der Waals surface area contributed by atoms with Gasteiger partial charge in [0.1, 0.15) is 5.54 Å². The quantitative estimate of drug-likeness (QED) is 0.769. The van der Waals surface area contributed by atoms with Crippen LogP contribution >= 0.6 is 0 Å². The van der Waals surface area contributed by atoms with E-state index in [0.29, 0.717) is 0 Å². The first-order valence-electron chi connectivity index (χ1n) is 4.81. The minimum atomic E-state index is -3.30. The fraction of sp³-hybridized carbons (Fsp3) is 0.889. The number of sulfonamides is 1. The van der Waals surface area contributed by atoms with Crippen LogP contribution in [0.25, 0.3) is 0 Å². The summed E-state index contributed by atoms with van der Waals surface area (Å²) in [5, 5.41) is 8.43. The summed E-state index contributed by atoms with van der Waals surface area (Å²) in [7, 11) is -3.30. The molecule has 1 fully saturated rings. The fourth-order valence-corrected chi connectivity index (χ4v) is 3.54. The molecule has 0 unspecified atom stereocenters. The molecule has 0 amide bonds. The maximum atomic E-state index is 11.7. The SMILES string of the molecule is CC(C)(C#N)NS(=O)(=O)C1CCCC1. The second-order valence-corrected chi connectivity index (χ2v) is 6.25. The normalized spacial score (nSPS) is 19.5. The van der Waals surface area contributed by atoms with Crippen LogP contribution < -0.4 is 4.72 Å². The van der Waals surface area contributed by atoms with Crippen molar-refractivity contribution in [1.29, 1.82) is 5.26 Å². The third kappa shape index (κ3) is 2.69. The van der Waals surface area contributed by atoms with Gasteiger partial charge in [-0.2, -0.15) is 9.98 Å². The van der Waals surface area contributed by atoms with Crippen LogP contribution in [0.15, 0.2) is 0 Å². The van der Waals surface area contributed by atoms with Crippen molar-refractivity contribution in [3.05, 3.63) is 0 Å². The molecule has 5 heteroatoms. The van der Waals surface area contributed by atoms with Crippen LogP contribution in [-0.2, 0) is 10.0 Å². The first-order chi connectivity index (χ1) is 6.37. The van der Waals surface area contributed by atoms with E-state index in [1.165, 1.54) is 0 Å². The topological polar surface area (TPSA) is 70.0 Å². The van der Waals surface area contributed by atoms with Crippen molar-refractivity contribution in [3.8, 4) is 6.07 Å². The molecule has 0 spiro atoms. The standard InChI is InChI=1S/C9H16N2O2S/c1-9(2,7-10)11-14(12,13)8-5-3-4-6-8/h8,11H,3-6H2,1-2H3. The van der Waals surface area contributed by atoms with Crippen LogP contribution in [0.2, 0.25) is 0 Å². The number of rotatable bonds is 3. The molecule has 0 aromatic carbocycles. The lowest BCUT2D eigenvalue weighted by atomic mass is 10.1. The highest BCUT2D eigenvalue weighted by molar-refractivity contribution is 7.90. The average Bonchev–Trinajstić information content (AvgIpc) is 2.54. The van der Waals surface area contributed by atoms with E-state index in [1.807, 2.05) is 6.07 Å². The molecule has 1 aliphatic rings. The van der Waals surface area contributed by atoms with Crippen LogP contribution in [0, 0.1) is 11.3 Å². The van der Waals surface area contributed by atoms with Crippen molar-refractivity contribution >= 4 is 10.0 Å². The lowest BCUT2D eigenvalue weighted by molar-refractivity contribution is 0.523. The van der Waals surface area contributed by atoms with Crippen molar-refractivity contribution in [2.24, 2.45) is 0 Å². The Morgan fingerprint density at radius 3 is 2.29 bits per heavy atom. The molecule has 14 heavy (non-hydrogen) atoms. The Labute approximate surface area is 85.4 Å². The fourth-order valence-electron chi connectivity index (χ4n) is 1.66. The van der Waals surface area contributed by atoms with E-state index in [2.05, 4.69) is 4.72 Å². The number of hydrogen-bond donors (Lipinski definition) is 1. The maximum absolute atomic E-state index is 11.7. The van der Waals surface area contributed by atoms with Crippen molar-refractivity contribution in [1.82, 2.24) is 4.72 Å². The predicted molar refractivity (Wildman–Crippen MR) is 54.0 cm³/mol. The van der Waals surface area contributed by atoms with Gasteiger partial charge in [0.05, 0.1) is 11.3 Å². The highest BCUT2D eigenvalue weighted by Crippen LogP contribution is 2.24. The van der Waals surface area contributed by atoms with Crippen LogP contribution in [0.5, 0.6) is 0 Å². The predicted octanol–water partition coefficient (Wildman–Crippen LogP) is 1.15. The Kier molecular flexibility index (Phi) is 3.17. The number of nitrogens with zero attached hydrogens (tertiary/aromatic N) is 1. The van der Waals surface area contributed by atoms with Gasteiger partial charge in [0, 0.05) is 0 Å². The monoisotopic (exact) mass is 216 g/mol. The molecule has 1 N–H and O–H groups in total. The zero-order valence-electron chi connectivity index (χ0n) is 8.58. The summed E-state index contributed by atoms with van der Waals surface area (Å²) in [6, 6.07) is 1.93. The molecule has 1 saturated carbocycles. The molecule has 0 aromatic heterocycles. The first-order valence-corrected chi connectivity index (χ1v) is 6.36. The molecule has 1 aliphatic carbocycles. The van der Waals surface area contributed by atoms with Crippen molar-refractivity contribution in [2.75, 3.05) is 0 Å². The second kappa shape index (κ2) is 3.87. The first kappa shape index (κ1) is 11.5. The van der Waals surface area contributed by atoms with Crippen LogP contribution in [0.4, 0.5) is 0 Å². The minimum Gasteiger partial charge on any atom is -0.212 e. The Morgan fingerprint density at radius 2 is 1.86 bits per heavy atom. The Morgan fingerprint density at radius 1 is 1.36 bits per heavy atom. The molecule has 80 valence electrons. The van der Waals surface area contributed by atoms with E-state index in [0.717, 1.165) is 25.7 Å². The Balaban J connectivity index is 2.72. The molecule has 0 radical (unpaired) electrons. The average molecular weight is 216 g/mol. The molecular weight excluding hydrogens is 200 g/mol. The molecule has 0 saturated heterocycles. The summed E-state index contributed by atoms with van der Waals surface area (Å²) in [6.07, 6.45) is 3.38. The molecule has 0 atom stereocenters. The zero-order chi connectivity index (χ0) is 10.8. The molecule has 4 nitrogen and oxygen atoms in total. The van der Waals surface area contributed by atoms with Gasteiger partial charge >= 0.3 is 0 Å². The van der Waals surface area contributed by atoms with Crippen molar-refractivity contribution in [2.45, 2.75) is 50.3 Å². The summed E-state index contributed by atoms with van der Waals surface area (Å²) in [5.74, 6) is 0. The summed E-state index contributed by atoms with van der Waals surface area (Å²) >= 11 is 0. The number of nitriles is 1. The number of hydrogen-bond acceptors (Lipinski definition) is 3. The maximum Gasteiger partial charge on any atom is 0.215 e. The summed E-state index contributed by atoms with van der Waals surface area (Å²) in [4.78, 5) is 0. The van der Waals surface area contributed by atoms with Gasteiger partial charge in [-0.05, 0) is 26.7 Å². The molecule has 0 aliphatic heterocycles. The minimum absolute atomic E-state index is 0.296. The van der Waals surface area contributed by atoms with E-state index in [4.69, 9.17) is 5.26 Å². The highest BCUT2D eigenvalue weighted by Gasteiger charge is 2.33. The van der Waals surface area contributed by atoms with Gasteiger partial charge in [0.25, 0.3) is 0 Å². The molecular formula is C9H16N2O2S. The zero-order valence-corrected chi connectivity index (χ0v) is 9.39. The molecule has 1 rings (SSSR count). The lowest BCUT2D eigenvalue weighted by Crippen LogP contribution is -2.45. The molecule has 0 aromatic rings. The van der Waals surface area contributed by atoms with Gasteiger partial charge in [0.2, 0.25) is 10.0 Å². The van der Waals surface area contributed by atoms with Crippen molar-refractivity contribution < 1.29 is 8.42 Å². The highest BCUT2D eigenvalue weighted by atomic mass is 32.2. The third-order valence-electron chi connectivity index (χ3n) is 2.42. The Bertz CT molecular complexity index is 334. The van der Waals surface area contributed by atoms with Gasteiger partial charge in [-0.3, -0.25) is 0 Å². The molecule has 0 heterocycles. The smallest absolute Gasteiger partial charge is 0.212 e. The summed E-state index contributed by atoms with van der Waals surface area (Å²) < 4.78 is 25.9. The largest absolute Gasteiger partial charge is 0.215 e. The molecule has 0 bridgehead atoms. The van der Waals surface area contributed by atoms with Gasteiger partial charge in [-0.25, -0.2) is 8.42 Å². The van der Waals surface area contributed by atoms with Crippen LogP contribution in [0.3, 0.4) is 0 Å². The van der Waals surface area contributed by atoms with E-state index >= 15 is 0 Å². The lowest BCUT2D eigenvalue weighted by Gasteiger charge is -2.20. The van der Waals surface area contributed by atoms with Gasteiger partial charge in [-0.1, -0.05) is 12.8 Å². The van der Waals surface area contributed by atoms with E-state index in [9.17, 15) is 8.42 Å². The van der Waals surface area contributed by atoms with E-state index in [-0.39, 0.29) is 5.25 Å². The summed E-state index contributed by atoms with van der Waals surface area (Å²) in [6.45, 7) is 3.14. The van der Waals surface area contributed by atoms with Crippen molar-refractivity contribution in [3.63, 3.8) is 0 Å². The summed E-state index contributed by atoms with van der Waals surface area (Å²) in [5.41, 5.74) is -0.999. The van der Waals surface area contributed by atoms with Crippen LogP contribution in [-0.4, -0.2) is 19.2 Å². The van der Waals surface area contributed by atoms with E-state index < -0.39 is 15.6 Å². The number of nitrogens with one attached hydrogen (secondary N) is 1. The second-order valence-electron chi connectivity index (χ2n) is 4.29. The van der Waals surface area contributed by atoms with Gasteiger partial charge in [-0.15, -0.1) is 0 Å². The Hall–Kier alpha value is -0.600.